The zero-order valence-corrected chi connectivity index (χ0v) is 15.1. The van der Waals surface area contributed by atoms with Crippen LogP contribution in [0.2, 0.25) is 0 Å². The Morgan fingerprint density at radius 1 is 1.24 bits per heavy atom. The van der Waals surface area contributed by atoms with E-state index in [4.69, 9.17) is 0 Å². The largest absolute Gasteiger partial charge is 0.293 e. The standard InChI is InChI=1S/C15H15Br2N3O/c1-8-10-11(13(16)15(2,3)14(17)12(10)21)20(19-8)9-6-4-5-7-18-9/h4-7,13-14H,1-3H3. The molecule has 0 saturated carbocycles. The van der Waals surface area contributed by atoms with E-state index in [1.165, 1.54) is 0 Å². The predicted molar refractivity (Wildman–Crippen MR) is 88.6 cm³/mol. The van der Waals surface area contributed by atoms with Crippen LogP contribution >= 0.6 is 31.9 Å². The molecule has 6 heteroatoms. The molecule has 21 heavy (non-hydrogen) atoms. The van der Waals surface area contributed by atoms with E-state index >= 15 is 0 Å². The maximum absolute atomic E-state index is 12.7. The summed E-state index contributed by atoms with van der Waals surface area (Å²) in [5.41, 5.74) is 2.06. The molecular formula is C15H15Br2N3O. The van der Waals surface area contributed by atoms with Crippen molar-refractivity contribution < 1.29 is 4.79 Å². The van der Waals surface area contributed by atoms with Gasteiger partial charge in [0.15, 0.2) is 11.6 Å². The number of rotatable bonds is 1. The van der Waals surface area contributed by atoms with Gasteiger partial charge in [-0.25, -0.2) is 9.67 Å². The number of carbonyl (C=O) groups is 1. The Morgan fingerprint density at radius 2 is 1.95 bits per heavy atom. The topological polar surface area (TPSA) is 47.8 Å². The number of hydrogen-bond donors (Lipinski definition) is 0. The van der Waals surface area contributed by atoms with Crippen molar-refractivity contribution in [2.24, 2.45) is 5.41 Å². The Bertz CT molecular complexity index is 709. The quantitative estimate of drug-likeness (QED) is 0.665. The lowest BCUT2D eigenvalue weighted by molar-refractivity contribution is 0.0926. The molecule has 0 radical (unpaired) electrons. The van der Waals surface area contributed by atoms with Crippen molar-refractivity contribution in [3.8, 4) is 5.82 Å². The van der Waals surface area contributed by atoms with Gasteiger partial charge in [0.05, 0.1) is 26.6 Å². The zero-order chi connectivity index (χ0) is 15.4. The molecule has 1 aliphatic carbocycles. The molecule has 0 aliphatic heterocycles. The number of aromatic nitrogens is 3. The normalized spacial score (nSPS) is 24.0. The Morgan fingerprint density at radius 3 is 2.57 bits per heavy atom. The van der Waals surface area contributed by atoms with Gasteiger partial charge in [0, 0.05) is 11.6 Å². The first-order chi connectivity index (χ1) is 9.85. The number of Topliss-reactive ketones (excluding diaryl/α,β-unsaturated/α-hetero) is 1. The van der Waals surface area contributed by atoms with Crippen LogP contribution in [0.1, 0.15) is 40.4 Å². The number of hydrogen-bond acceptors (Lipinski definition) is 3. The second-order valence-corrected chi connectivity index (χ2v) is 7.69. The highest BCUT2D eigenvalue weighted by molar-refractivity contribution is 9.10. The second kappa shape index (κ2) is 5.02. The number of pyridine rings is 1. The Balaban J connectivity index is 2.28. The lowest BCUT2D eigenvalue weighted by atomic mass is 9.75. The Hall–Kier alpha value is -1.01. The van der Waals surface area contributed by atoms with E-state index in [2.05, 4.69) is 55.8 Å². The van der Waals surface area contributed by atoms with E-state index in [1.54, 1.807) is 10.9 Å². The molecule has 2 atom stereocenters. The number of halogens is 2. The fraction of sp³-hybridized carbons (Fsp3) is 0.400. The minimum atomic E-state index is -0.261. The molecule has 2 heterocycles. The SMILES string of the molecule is Cc1nn(-c2ccccn2)c2c1C(=O)C(Br)C(C)(C)C2Br. The zero-order valence-electron chi connectivity index (χ0n) is 12.0. The highest BCUT2D eigenvalue weighted by atomic mass is 79.9. The van der Waals surface area contributed by atoms with Gasteiger partial charge < -0.3 is 0 Å². The molecule has 3 rings (SSSR count). The number of alkyl halides is 2. The molecular weight excluding hydrogens is 398 g/mol. The maximum Gasteiger partial charge on any atom is 0.180 e. The highest BCUT2D eigenvalue weighted by Crippen LogP contribution is 2.52. The van der Waals surface area contributed by atoms with E-state index in [0.717, 1.165) is 17.2 Å². The Kier molecular flexibility index (Phi) is 3.56. The van der Waals surface area contributed by atoms with E-state index in [-0.39, 0.29) is 20.9 Å². The molecule has 110 valence electrons. The maximum atomic E-state index is 12.7. The predicted octanol–water partition coefficient (Wildman–Crippen LogP) is 4.00. The molecule has 0 bridgehead atoms. The summed E-state index contributed by atoms with van der Waals surface area (Å²) < 4.78 is 1.78. The van der Waals surface area contributed by atoms with E-state index < -0.39 is 0 Å². The van der Waals surface area contributed by atoms with Crippen LogP contribution in [0, 0.1) is 12.3 Å². The summed E-state index contributed by atoms with van der Waals surface area (Å²) in [6.45, 7) is 6.00. The average Bonchev–Trinajstić information content (AvgIpc) is 2.82. The van der Waals surface area contributed by atoms with Crippen molar-refractivity contribution in [3.05, 3.63) is 41.3 Å². The van der Waals surface area contributed by atoms with Gasteiger partial charge in [0.25, 0.3) is 0 Å². The molecule has 0 amide bonds. The third kappa shape index (κ3) is 2.11. The molecule has 2 unspecified atom stereocenters. The first kappa shape index (κ1) is 14.9. The summed E-state index contributed by atoms with van der Waals surface area (Å²) in [6.07, 6.45) is 1.73. The Labute approximate surface area is 140 Å². The number of fused-ring (bicyclic) bond motifs is 1. The molecule has 4 nitrogen and oxygen atoms in total. The van der Waals surface area contributed by atoms with E-state index in [1.807, 2.05) is 25.1 Å². The van der Waals surface area contributed by atoms with Gasteiger partial charge in [0.1, 0.15) is 0 Å². The summed E-state index contributed by atoms with van der Waals surface area (Å²) >= 11 is 7.32. The smallest absolute Gasteiger partial charge is 0.180 e. The minimum Gasteiger partial charge on any atom is -0.293 e. The lowest BCUT2D eigenvalue weighted by Crippen LogP contribution is -2.40. The summed E-state index contributed by atoms with van der Waals surface area (Å²) in [4.78, 5) is 16.8. The number of ketones is 1. The summed E-state index contributed by atoms with van der Waals surface area (Å²) in [7, 11) is 0. The molecule has 0 aromatic carbocycles. The minimum absolute atomic E-state index is 0.00489. The van der Waals surface area contributed by atoms with Crippen LogP contribution < -0.4 is 0 Å². The molecule has 2 aromatic heterocycles. The van der Waals surface area contributed by atoms with Gasteiger partial charge in [0.2, 0.25) is 0 Å². The van der Waals surface area contributed by atoms with Crippen LogP contribution in [0.25, 0.3) is 5.82 Å². The fourth-order valence-corrected chi connectivity index (χ4v) is 4.22. The van der Waals surface area contributed by atoms with Crippen LogP contribution in [-0.4, -0.2) is 25.4 Å². The van der Waals surface area contributed by atoms with Crippen molar-refractivity contribution in [3.63, 3.8) is 0 Å². The molecule has 2 aromatic rings. The van der Waals surface area contributed by atoms with Gasteiger partial charge in [-0.05, 0) is 19.1 Å². The average molecular weight is 413 g/mol. The van der Waals surface area contributed by atoms with Crippen molar-refractivity contribution >= 4 is 37.6 Å². The number of nitrogens with zero attached hydrogens (tertiary/aromatic N) is 3. The van der Waals surface area contributed by atoms with Crippen LogP contribution in [0.15, 0.2) is 24.4 Å². The van der Waals surface area contributed by atoms with E-state index in [0.29, 0.717) is 5.56 Å². The van der Waals surface area contributed by atoms with Gasteiger partial charge in [-0.2, -0.15) is 5.10 Å². The monoisotopic (exact) mass is 411 g/mol. The number of carbonyl (C=O) groups excluding carboxylic acids is 1. The van der Waals surface area contributed by atoms with Crippen molar-refractivity contribution in [2.75, 3.05) is 0 Å². The second-order valence-electron chi connectivity index (χ2n) is 5.86. The summed E-state index contributed by atoms with van der Waals surface area (Å²) in [6, 6.07) is 5.67. The third-order valence-corrected chi connectivity index (χ3v) is 7.20. The fourth-order valence-electron chi connectivity index (χ4n) is 2.68. The first-order valence-corrected chi connectivity index (χ1v) is 8.52. The van der Waals surface area contributed by atoms with Crippen molar-refractivity contribution in [2.45, 2.75) is 30.4 Å². The lowest BCUT2D eigenvalue weighted by Gasteiger charge is -2.38. The third-order valence-electron chi connectivity index (χ3n) is 3.99. The van der Waals surface area contributed by atoms with E-state index in [9.17, 15) is 4.79 Å². The summed E-state index contributed by atoms with van der Waals surface area (Å²) in [5.74, 6) is 0.813. The molecule has 0 fully saturated rings. The molecule has 0 spiro atoms. The van der Waals surface area contributed by atoms with Crippen molar-refractivity contribution in [1.29, 1.82) is 0 Å². The van der Waals surface area contributed by atoms with Crippen LogP contribution in [0.5, 0.6) is 0 Å². The highest BCUT2D eigenvalue weighted by Gasteiger charge is 2.49. The van der Waals surface area contributed by atoms with Gasteiger partial charge >= 0.3 is 0 Å². The number of aryl methyl sites for hydroxylation is 1. The first-order valence-electron chi connectivity index (χ1n) is 6.69. The van der Waals surface area contributed by atoms with Gasteiger partial charge in [-0.3, -0.25) is 4.79 Å². The van der Waals surface area contributed by atoms with Crippen molar-refractivity contribution in [1.82, 2.24) is 14.8 Å². The molecule has 1 aliphatic rings. The van der Waals surface area contributed by atoms with Crippen LogP contribution in [0.4, 0.5) is 0 Å². The molecule has 0 N–H and O–H groups in total. The van der Waals surface area contributed by atoms with Gasteiger partial charge in [-0.1, -0.05) is 51.8 Å². The van der Waals surface area contributed by atoms with Crippen LogP contribution in [-0.2, 0) is 0 Å². The summed E-state index contributed by atoms with van der Waals surface area (Å²) in [5, 5.41) is 4.55. The van der Waals surface area contributed by atoms with Crippen LogP contribution in [0.3, 0.4) is 0 Å². The molecule has 0 saturated heterocycles. The van der Waals surface area contributed by atoms with Gasteiger partial charge in [-0.15, -0.1) is 0 Å².